The second-order valence-corrected chi connectivity index (χ2v) is 25.9. The molecule has 59 heavy (non-hydrogen) atoms. The minimum absolute atomic E-state index is 0.0523. The number of alkyl halides is 4. The number of carbonyl (C=O) groups excluding carboxylic acids is 4. The van der Waals surface area contributed by atoms with Crippen molar-refractivity contribution in [3.8, 4) is 0 Å². The zero-order valence-corrected chi connectivity index (χ0v) is 38.7. The molecule has 0 saturated heterocycles. The van der Waals surface area contributed by atoms with E-state index in [2.05, 4.69) is 46.0 Å². The molecule has 3 fully saturated rings. The Morgan fingerprint density at radius 3 is 2.20 bits per heavy atom. The Bertz CT molecular complexity index is 2020. The molecule has 3 saturated carbocycles. The molecule has 0 spiro atoms. The summed E-state index contributed by atoms with van der Waals surface area (Å²) >= 11 is -2.03. The van der Waals surface area contributed by atoms with Gasteiger partial charge in [-0.3, -0.25) is 0 Å². The molecular weight excluding hydrogens is 854 g/mol. The van der Waals surface area contributed by atoms with Crippen LogP contribution < -0.4 is 5.32 Å². The molecule has 1 aromatic heterocycles. The Hall–Kier alpha value is -3.08. The third-order valence-corrected chi connectivity index (χ3v) is 19.8. The Kier molecular flexibility index (Phi) is 13.5. The summed E-state index contributed by atoms with van der Waals surface area (Å²) in [7, 11) is 0. The van der Waals surface area contributed by atoms with Gasteiger partial charge in [-0.05, 0) is 60.7 Å². The molecule has 1 N–H and O–H groups in total. The molecule has 0 aliphatic heterocycles. The summed E-state index contributed by atoms with van der Waals surface area (Å²) in [5.41, 5.74) is 3.47. The Balaban J connectivity index is 0.972. The van der Waals surface area contributed by atoms with Gasteiger partial charge >= 0.3 is 253 Å². The molecule has 1 heterocycles. The second kappa shape index (κ2) is 18.1. The number of rotatable bonds is 15. The monoisotopic (exact) mass is 922 g/mol. The summed E-state index contributed by atoms with van der Waals surface area (Å²) in [6, 6.07) is 14.1. The fourth-order valence-corrected chi connectivity index (χ4v) is 15.2. The maximum atomic E-state index is 14.0. The number of hydrogen-bond acceptors (Lipinski definition) is 5. The Labute approximate surface area is 358 Å². The molecule has 7 nitrogen and oxygen atoms in total. The van der Waals surface area contributed by atoms with Gasteiger partial charge in [0.25, 0.3) is 0 Å². The van der Waals surface area contributed by atoms with E-state index in [-0.39, 0.29) is 23.8 Å². The summed E-state index contributed by atoms with van der Waals surface area (Å²) < 4.78 is 21.0. The summed E-state index contributed by atoms with van der Waals surface area (Å²) in [6.07, 6.45) is 14.5. The number of carbonyl (C=O) groups is 4. The number of nitrogens with one attached hydrogen (secondary N) is 1. The standard InChI is InChI=1S/C50H68FIN2O5/c1-31(2)13-12-14-32(3)38-21-22-39-37-20-19-33-27-34(23-25-49(33,4)40(37)24-26-50(38,39)5)59-47(57)29-42(45(55)30-51)53-48(58)41(52(6)7)28-46(56)54-43-17-10-8-15-35(43)36-16-9-11-18-44(36)54/h8-11,15-19,31-32,34,37-42H,12-14,20-30H2,1-7H3,(H,53,58)/t32-,34+,37+,38-,39+,40+,41-,42?,49+,50-/m1/s1. The van der Waals surface area contributed by atoms with Gasteiger partial charge in [0.05, 0.1) is 0 Å². The zero-order valence-electron chi connectivity index (χ0n) is 36.5. The fourth-order valence-electron chi connectivity index (χ4n) is 12.6. The van der Waals surface area contributed by atoms with Crippen LogP contribution in [0.1, 0.15) is 123 Å². The van der Waals surface area contributed by atoms with Gasteiger partial charge in [0, 0.05) is 0 Å². The number of halogens is 2. The molecule has 4 aliphatic rings. The van der Waals surface area contributed by atoms with Crippen molar-refractivity contribution in [2.75, 3.05) is 16.5 Å². The minimum atomic E-state index is -2.03. The summed E-state index contributed by atoms with van der Waals surface area (Å²) in [5.74, 6) is 2.33. The van der Waals surface area contributed by atoms with E-state index in [9.17, 15) is 23.6 Å². The fraction of sp³-hybridized carbons (Fsp3) is 0.640. The van der Waals surface area contributed by atoms with E-state index in [0.29, 0.717) is 23.7 Å². The predicted molar refractivity (Wildman–Crippen MR) is 245 cm³/mol. The van der Waals surface area contributed by atoms with Crippen molar-refractivity contribution >= 4 is 65.2 Å². The first-order valence-electron chi connectivity index (χ1n) is 22.4. The molecule has 1 unspecified atom stereocenters. The number of ketones is 1. The van der Waals surface area contributed by atoms with Gasteiger partial charge in [0.2, 0.25) is 0 Å². The van der Waals surface area contributed by atoms with Crippen LogP contribution in [0.4, 0.5) is 4.39 Å². The summed E-state index contributed by atoms with van der Waals surface area (Å²) in [4.78, 5) is 58.2. The minimum Gasteiger partial charge on any atom is -0.0591 e. The van der Waals surface area contributed by atoms with Crippen molar-refractivity contribution < 1.29 is 28.3 Å². The normalized spacial score (nSPS) is 29.5. The molecule has 7 rings (SSSR count). The second-order valence-electron chi connectivity index (χ2n) is 19.8. The van der Waals surface area contributed by atoms with Gasteiger partial charge in [-0.1, -0.05) is 47.0 Å². The number of hydrogen-bond donors (Lipinski definition) is 1. The van der Waals surface area contributed by atoms with Crippen LogP contribution in [-0.2, 0) is 19.1 Å². The quantitative estimate of drug-likeness (QED) is 0.0709. The molecule has 1 amide bonds. The number of aromatic nitrogens is 1. The van der Waals surface area contributed by atoms with E-state index < -0.39 is 60.5 Å². The van der Waals surface area contributed by atoms with E-state index in [1.165, 1.54) is 50.5 Å². The molecule has 2 aromatic carbocycles. The van der Waals surface area contributed by atoms with Crippen LogP contribution in [0.25, 0.3) is 21.8 Å². The van der Waals surface area contributed by atoms with E-state index in [4.69, 9.17) is 4.74 Å². The third-order valence-electron chi connectivity index (χ3n) is 15.8. The number of allylic oxidation sites excluding steroid dienone is 1. The van der Waals surface area contributed by atoms with Gasteiger partial charge in [-0.25, -0.2) is 0 Å². The number of amides is 1. The molecule has 0 radical (unpaired) electrons. The molecule has 322 valence electrons. The molecular formula is C50H68FIN2O5. The number of benzene rings is 2. The van der Waals surface area contributed by atoms with Crippen LogP contribution in [-0.4, -0.2) is 60.7 Å². The topological polar surface area (TPSA) is 94.5 Å². The SMILES string of the molecule is CC(C)CCC[C@@H](C)[C@H]1CC[C@H]2[C@@H]3CC=C4C[C@@H](OC(=O)CC(NC(=O)[C@@H](CC(=O)n5c6ccccc6c6ccccc65)I(C)C)C(=O)CF)CC[C@]4(C)[C@H]3CC[C@]12C. The summed E-state index contributed by atoms with van der Waals surface area (Å²) in [5, 5.41) is 4.62. The van der Waals surface area contributed by atoms with E-state index >= 15 is 0 Å². The number of fused-ring (bicyclic) bond motifs is 8. The maximum absolute atomic E-state index is 14.0. The average molecular weight is 923 g/mol. The van der Waals surface area contributed by atoms with Crippen LogP contribution in [0.5, 0.6) is 0 Å². The van der Waals surface area contributed by atoms with Crippen molar-refractivity contribution in [3.05, 3.63) is 60.2 Å². The number of ether oxygens (including phenoxy) is 1. The number of para-hydroxylation sites is 2. The Morgan fingerprint density at radius 1 is 0.881 bits per heavy atom. The molecule has 10 atom stereocenters. The molecule has 4 aliphatic carbocycles. The molecule has 9 heteroatoms. The van der Waals surface area contributed by atoms with Crippen molar-refractivity contribution in [3.63, 3.8) is 0 Å². The van der Waals surface area contributed by atoms with E-state index in [0.717, 1.165) is 64.7 Å². The number of Topliss-reactive ketones (excluding diaryl/α,β-unsaturated/α-hetero) is 1. The summed E-state index contributed by atoms with van der Waals surface area (Å²) in [6.45, 7) is 11.0. The van der Waals surface area contributed by atoms with E-state index in [1.807, 2.05) is 58.4 Å². The van der Waals surface area contributed by atoms with Crippen LogP contribution in [0.15, 0.2) is 60.2 Å². The smallest absolute Gasteiger partial charge is 0.0591 e. The van der Waals surface area contributed by atoms with Gasteiger partial charge < -0.3 is 0 Å². The molecule has 3 aromatic rings. The predicted octanol–water partition coefficient (Wildman–Crippen LogP) is 11.3. The first kappa shape index (κ1) is 44.0. The van der Waals surface area contributed by atoms with Crippen LogP contribution in [0.2, 0.25) is 0 Å². The first-order valence-corrected chi connectivity index (χ1v) is 28.0. The number of esters is 1. The zero-order chi connectivity index (χ0) is 42.2. The van der Waals surface area contributed by atoms with Crippen LogP contribution in [0.3, 0.4) is 0 Å². The first-order chi connectivity index (χ1) is 28.2. The molecule has 0 bridgehead atoms. The van der Waals surface area contributed by atoms with Crippen molar-refractivity contribution in [2.45, 2.75) is 134 Å². The van der Waals surface area contributed by atoms with Gasteiger partial charge in [0.1, 0.15) is 0 Å². The van der Waals surface area contributed by atoms with Gasteiger partial charge in [0.15, 0.2) is 0 Å². The number of nitrogens with zero attached hydrogens (tertiary/aromatic N) is 1. The van der Waals surface area contributed by atoms with Gasteiger partial charge in [-0.2, -0.15) is 0 Å². The average Bonchev–Trinajstić information content (AvgIpc) is 3.74. The van der Waals surface area contributed by atoms with Gasteiger partial charge in [-0.15, -0.1) is 0 Å². The van der Waals surface area contributed by atoms with Crippen molar-refractivity contribution in [1.29, 1.82) is 0 Å². The third kappa shape index (κ3) is 8.71. The van der Waals surface area contributed by atoms with Crippen molar-refractivity contribution in [1.82, 2.24) is 9.88 Å². The Morgan fingerprint density at radius 2 is 1.56 bits per heavy atom. The van der Waals surface area contributed by atoms with Crippen LogP contribution >= 0.6 is 19.8 Å². The van der Waals surface area contributed by atoms with Crippen molar-refractivity contribution in [2.24, 2.45) is 46.3 Å². The van der Waals surface area contributed by atoms with E-state index in [1.54, 1.807) is 4.57 Å². The van der Waals surface area contributed by atoms with Crippen LogP contribution in [0, 0.1) is 46.3 Å².